The van der Waals surface area contributed by atoms with Gasteiger partial charge in [0.05, 0.1) is 19.8 Å². The van der Waals surface area contributed by atoms with Gasteiger partial charge in [-0.15, -0.1) is 0 Å². The fourth-order valence-electron chi connectivity index (χ4n) is 4.26. The molecule has 0 spiro atoms. The van der Waals surface area contributed by atoms with Gasteiger partial charge >= 0.3 is 0 Å². The molecule has 0 amide bonds. The predicted octanol–water partition coefficient (Wildman–Crippen LogP) is 3.62. The first kappa shape index (κ1) is 22.8. The first-order valence-electron chi connectivity index (χ1n) is 10.9. The Kier molecular flexibility index (Phi) is 8.07. The van der Waals surface area contributed by atoms with Gasteiger partial charge in [-0.25, -0.2) is 4.98 Å². The number of hydrogen-bond acceptors (Lipinski definition) is 4. The standard InChI is InChI=1S/C22H29Cl2N5OS/c23-19-1-2-20(24)18(15-19)16-29-10-6-25-21(29)17-3-7-28(8-4-17)22(31)26-5-9-27-11-13-30-14-12-27/h1-2,6,10,15,17H,3-5,7-9,11-14,16H2,(H,26,31). The normalized spacial score (nSPS) is 18.3. The van der Waals surface area contributed by atoms with Crippen LogP contribution in [0.5, 0.6) is 0 Å². The molecule has 3 heterocycles. The van der Waals surface area contributed by atoms with E-state index in [9.17, 15) is 0 Å². The number of morpholine rings is 1. The third-order valence-electron chi connectivity index (χ3n) is 6.05. The van der Waals surface area contributed by atoms with Crippen LogP contribution in [0.3, 0.4) is 0 Å². The second kappa shape index (κ2) is 11.0. The van der Waals surface area contributed by atoms with E-state index in [2.05, 4.69) is 24.7 Å². The maximum atomic E-state index is 6.37. The van der Waals surface area contributed by atoms with E-state index >= 15 is 0 Å². The number of aromatic nitrogens is 2. The number of imidazole rings is 1. The smallest absolute Gasteiger partial charge is 0.168 e. The van der Waals surface area contributed by atoms with E-state index in [-0.39, 0.29) is 0 Å². The molecule has 2 saturated heterocycles. The van der Waals surface area contributed by atoms with Crippen molar-refractivity contribution in [1.82, 2.24) is 24.7 Å². The second-order valence-corrected chi connectivity index (χ2v) is 9.33. The Labute approximate surface area is 199 Å². The van der Waals surface area contributed by atoms with Gasteiger partial charge in [-0.1, -0.05) is 23.2 Å². The van der Waals surface area contributed by atoms with Gasteiger partial charge in [0.15, 0.2) is 5.11 Å². The molecule has 2 aromatic rings. The first-order chi connectivity index (χ1) is 15.1. The number of hydrogen-bond donors (Lipinski definition) is 1. The summed E-state index contributed by atoms with van der Waals surface area (Å²) in [5, 5.41) is 5.72. The number of rotatable bonds is 6. The monoisotopic (exact) mass is 481 g/mol. The fraction of sp³-hybridized carbons (Fsp3) is 0.545. The maximum Gasteiger partial charge on any atom is 0.168 e. The van der Waals surface area contributed by atoms with Crippen molar-refractivity contribution in [3.8, 4) is 0 Å². The van der Waals surface area contributed by atoms with Gasteiger partial charge in [-0.05, 0) is 48.8 Å². The molecule has 1 aromatic heterocycles. The Balaban J connectivity index is 1.27. The molecule has 0 atom stereocenters. The van der Waals surface area contributed by atoms with Gasteiger partial charge in [0.2, 0.25) is 0 Å². The average Bonchev–Trinajstić information content (AvgIpc) is 3.25. The summed E-state index contributed by atoms with van der Waals surface area (Å²) in [6, 6.07) is 5.59. The molecule has 2 fully saturated rings. The van der Waals surface area contributed by atoms with Crippen molar-refractivity contribution in [3.05, 3.63) is 52.0 Å². The molecule has 1 N–H and O–H groups in total. The SMILES string of the molecule is S=C(NCCN1CCOCC1)N1CCC(c2nccn2Cc2cc(Cl)ccc2Cl)CC1. The van der Waals surface area contributed by atoms with E-state index < -0.39 is 0 Å². The van der Waals surface area contributed by atoms with Crippen molar-refractivity contribution in [1.29, 1.82) is 0 Å². The van der Waals surface area contributed by atoms with Gasteiger partial charge in [0, 0.05) is 67.6 Å². The summed E-state index contributed by atoms with van der Waals surface area (Å²) in [5.41, 5.74) is 1.01. The highest BCUT2D eigenvalue weighted by Crippen LogP contribution is 2.29. The van der Waals surface area contributed by atoms with Crippen LogP contribution in [0.1, 0.15) is 30.1 Å². The number of likely N-dealkylation sites (tertiary alicyclic amines) is 1. The molecule has 9 heteroatoms. The summed E-state index contributed by atoms with van der Waals surface area (Å²) in [4.78, 5) is 9.36. The molecule has 6 nitrogen and oxygen atoms in total. The van der Waals surface area contributed by atoms with E-state index in [4.69, 9.17) is 40.2 Å². The molecule has 2 aliphatic heterocycles. The molecule has 31 heavy (non-hydrogen) atoms. The van der Waals surface area contributed by atoms with Crippen molar-refractivity contribution in [2.75, 3.05) is 52.5 Å². The quantitative estimate of drug-likeness (QED) is 0.635. The summed E-state index contributed by atoms with van der Waals surface area (Å²) >= 11 is 18.2. The van der Waals surface area contributed by atoms with Crippen molar-refractivity contribution in [3.63, 3.8) is 0 Å². The van der Waals surface area contributed by atoms with Gasteiger partial charge in [0.1, 0.15) is 5.82 Å². The zero-order valence-electron chi connectivity index (χ0n) is 17.6. The third kappa shape index (κ3) is 6.11. The van der Waals surface area contributed by atoms with Crippen molar-refractivity contribution >= 4 is 40.5 Å². The summed E-state index contributed by atoms with van der Waals surface area (Å²) < 4.78 is 7.59. The zero-order valence-corrected chi connectivity index (χ0v) is 19.9. The zero-order chi connectivity index (χ0) is 21.6. The van der Waals surface area contributed by atoms with Gasteiger partial charge in [0.25, 0.3) is 0 Å². The molecular weight excluding hydrogens is 453 g/mol. The minimum atomic E-state index is 0.417. The molecule has 168 valence electrons. The number of nitrogens with zero attached hydrogens (tertiary/aromatic N) is 4. The minimum Gasteiger partial charge on any atom is -0.379 e. The van der Waals surface area contributed by atoms with E-state index in [0.717, 1.165) is 86.8 Å². The number of halogens is 2. The summed E-state index contributed by atoms with van der Waals surface area (Å²) in [6.45, 7) is 8.12. The van der Waals surface area contributed by atoms with Crippen LogP contribution in [0.25, 0.3) is 0 Å². The summed E-state index contributed by atoms with van der Waals surface area (Å²) in [6.07, 6.45) is 5.96. The van der Waals surface area contributed by atoms with Crippen molar-refractivity contribution in [2.45, 2.75) is 25.3 Å². The summed E-state index contributed by atoms with van der Waals surface area (Å²) in [7, 11) is 0. The number of thiocarbonyl (C=S) groups is 1. The van der Waals surface area contributed by atoms with Crippen molar-refractivity contribution in [2.24, 2.45) is 0 Å². The van der Waals surface area contributed by atoms with Crippen LogP contribution in [0, 0.1) is 0 Å². The van der Waals surface area contributed by atoms with Gasteiger partial charge < -0.3 is 19.5 Å². The molecule has 1 aromatic carbocycles. The average molecular weight is 482 g/mol. The molecule has 2 aliphatic rings. The molecule has 0 radical (unpaired) electrons. The Hall–Kier alpha value is -1.38. The first-order valence-corrected chi connectivity index (χ1v) is 12.0. The van der Waals surface area contributed by atoms with Crippen LogP contribution in [0.4, 0.5) is 0 Å². The Morgan fingerprint density at radius 1 is 1.16 bits per heavy atom. The lowest BCUT2D eigenvalue weighted by atomic mass is 9.96. The van der Waals surface area contributed by atoms with Crippen LogP contribution < -0.4 is 5.32 Å². The van der Waals surface area contributed by atoms with E-state index in [1.807, 2.05) is 30.6 Å². The topological polar surface area (TPSA) is 45.6 Å². The van der Waals surface area contributed by atoms with E-state index in [1.54, 1.807) is 0 Å². The highest BCUT2D eigenvalue weighted by Gasteiger charge is 2.25. The molecule has 4 rings (SSSR count). The number of piperidine rings is 1. The number of benzene rings is 1. The van der Waals surface area contributed by atoms with Crippen LogP contribution in [-0.2, 0) is 11.3 Å². The fourth-order valence-corrected chi connectivity index (χ4v) is 4.92. The second-order valence-electron chi connectivity index (χ2n) is 8.10. The minimum absolute atomic E-state index is 0.417. The number of nitrogens with one attached hydrogen (secondary N) is 1. The number of ether oxygens (including phenoxy) is 1. The van der Waals surface area contributed by atoms with Crippen LogP contribution in [0.15, 0.2) is 30.6 Å². The predicted molar refractivity (Wildman–Crippen MR) is 129 cm³/mol. The lowest BCUT2D eigenvalue weighted by Gasteiger charge is -2.34. The van der Waals surface area contributed by atoms with Crippen LogP contribution in [-0.4, -0.2) is 76.9 Å². The molecule has 0 unspecified atom stereocenters. The molecule has 0 saturated carbocycles. The maximum absolute atomic E-state index is 6.37. The lowest BCUT2D eigenvalue weighted by Crippen LogP contribution is -2.47. The van der Waals surface area contributed by atoms with E-state index in [1.165, 1.54) is 0 Å². The van der Waals surface area contributed by atoms with E-state index in [0.29, 0.717) is 17.5 Å². The van der Waals surface area contributed by atoms with Gasteiger partial charge in [-0.3, -0.25) is 4.90 Å². The lowest BCUT2D eigenvalue weighted by molar-refractivity contribution is 0.0388. The largest absolute Gasteiger partial charge is 0.379 e. The molecular formula is C22H29Cl2N5OS. The van der Waals surface area contributed by atoms with Crippen LogP contribution in [0.2, 0.25) is 10.0 Å². The Morgan fingerprint density at radius 3 is 2.71 bits per heavy atom. The highest BCUT2D eigenvalue weighted by atomic mass is 35.5. The third-order valence-corrected chi connectivity index (χ3v) is 7.06. The Bertz CT molecular complexity index is 879. The summed E-state index contributed by atoms with van der Waals surface area (Å²) in [5.74, 6) is 1.53. The molecule has 0 aliphatic carbocycles. The molecule has 0 bridgehead atoms. The van der Waals surface area contributed by atoms with Crippen LogP contribution >= 0.6 is 35.4 Å². The highest BCUT2D eigenvalue weighted by molar-refractivity contribution is 7.80. The Morgan fingerprint density at radius 2 is 1.94 bits per heavy atom. The van der Waals surface area contributed by atoms with Gasteiger partial charge in [-0.2, -0.15) is 0 Å². The van der Waals surface area contributed by atoms with Crippen molar-refractivity contribution < 1.29 is 4.74 Å².